The molecule has 6 nitrogen and oxygen atoms in total. The molecule has 6 heteroatoms. The average Bonchev–Trinajstić information content (AvgIpc) is 2.74. The summed E-state index contributed by atoms with van der Waals surface area (Å²) in [6, 6.07) is 0. The van der Waals surface area contributed by atoms with E-state index >= 15 is 0 Å². The molecule has 0 aromatic rings. The Morgan fingerprint density at radius 3 is 1.07 bits per heavy atom. The summed E-state index contributed by atoms with van der Waals surface area (Å²) in [6.45, 7) is 1.35. The number of aliphatic hydroxyl groups is 2. The molecule has 0 radical (unpaired) electrons. The lowest BCUT2D eigenvalue weighted by molar-refractivity contribution is -0.146. The van der Waals surface area contributed by atoms with Crippen molar-refractivity contribution in [2.75, 3.05) is 26.4 Å². The number of carbonyl (C=O) groups excluding carboxylic acids is 2. The molecular formula is C24H46O6. The molecule has 0 aliphatic heterocycles. The van der Waals surface area contributed by atoms with Crippen LogP contribution in [0.15, 0.2) is 0 Å². The van der Waals surface area contributed by atoms with Crippen LogP contribution < -0.4 is 0 Å². The number of ether oxygens (including phenoxy) is 2. The first-order valence-corrected chi connectivity index (χ1v) is 12.2. The minimum atomic E-state index is -0.136. The third kappa shape index (κ3) is 23.1. The molecule has 0 unspecified atom stereocenters. The quantitative estimate of drug-likeness (QED) is 0.173. The molecule has 0 bridgehead atoms. The van der Waals surface area contributed by atoms with Crippen LogP contribution in [-0.2, 0) is 19.1 Å². The Morgan fingerprint density at radius 2 is 0.733 bits per heavy atom. The van der Waals surface area contributed by atoms with Crippen LogP contribution in [0.2, 0.25) is 0 Å². The molecule has 0 amide bonds. The van der Waals surface area contributed by atoms with Gasteiger partial charge in [-0.1, -0.05) is 64.2 Å². The van der Waals surface area contributed by atoms with Crippen LogP contribution in [-0.4, -0.2) is 48.6 Å². The molecule has 0 aliphatic rings. The van der Waals surface area contributed by atoms with Crippen molar-refractivity contribution in [1.82, 2.24) is 0 Å². The molecule has 0 saturated carbocycles. The number of carbonyl (C=O) groups is 2. The average molecular weight is 431 g/mol. The second kappa shape index (κ2) is 24.1. The fraction of sp³-hybridized carbons (Fsp3) is 0.917. The molecular weight excluding hydrogens is 384 g/mol. The van der Waals surface area contributed by atoms with Crippen molar-refractivity contribution in [3.63, 3.8) is 0 Å². The minimum absolute atomic E-state index is 0.136. The highest BCUT2D eigenvalue weighted by Crippen LogP contribution is 2.10. The van der Waals surface area contributed by atoms with Crippen LogP contribution in [0.3, 0.4) is 0 Å². The zero-order chi connectivity index (χ0) is 22.1. The van der Waals surface area contributed by atoms with Gasteiger partial charge < -0.3 is 19.7 Å². The highest BCUT2D eigenvalue weighted by Gasteiger charge is 2.04. The van der Waals surface area contributed by atoms with Gasteiger partial charge in [-0.25, -0.2) is 0 Å². The van der Waals surface area contributed by atoms with E-state index in [4.69, 9.17) is 19.7 Å². The van der Waals surface area contributed by atoms with E-state index in [-0.39, 0.29) is 25.2 Å². The molecule has 2 N–H and O–H groups in total. The summed E-state index contributed by atoms with van der Waals surface area (Å²) in [7, 11) is 0. The van der Waals surface area contributed by atoms with E-state index < -0.39 is 0 Å². The van der Waals surface area contributed by atoms with E-state index in [0.29, 0.717) is 26.1 Å². The molecule has 0 saturated heterocycles. The van der Waals surface area contributed by atoms with E-state index in [0.717, 1.165) is 89.9 Å². The first kappa shape index (κ1) is 28.9. The molecule has 0 aromatic carbocycles. The fourth-order valence-electron chi connectivity index (χ4n) is 3.25. The normalized spacial score (nSPS) is 10.9. The first-order chi connectivity index (χ1) is 14.7. The van der Waals surface area contributed by atoms with E-state index in [1.807, 2.05) is 0 Å². The van der Waals surface area contributed by atoms with Crippen LogP contribution in [0, 0.1) is 0 Å². The summed E-state index contributed by atoms with van der Waals surface area (Å²) in [5, 5.41) is 17.4. The summed E-state index contributed by atoms with van der Waals surface area (Å²) >= 11 is 0. The SMILES string of the molecule is O=C(CCCCCCCCCO)OCCCCOC(=O)CCCCCCCCCO. The maximum atomic E-state index is 11.7. The van der Waals surface area contributed by atoms with Crippen LogP contribution in [0.1, 0.15) is 116 Å². The summed E-state index contributed by atoms with van der Waals surface area (Å²) < 4.78 is 10.4. The van der Waals surface area contributed by atoms with Crippen molar-refractivity contribution in [2.24, 2.45) is 0 Å². The van der Waals surface area contributed by atoms with Gasteiger partial charge in [0.1, 0.15) is 0 Å². The van der Waals surface area contributed by atoms with Gasteiger partial charge in [-0.2, -0.15) is 0 Å². The van der Waals surface area contributed by atoms with Crippen molar-refractivity contribution in [3.8, 4) is 0 Å². The van der Waals surface area contributed by atoms with Crippen LogP contribution in [0.5, 0.6) is 0 Å². The number of hydrogen-bond donors (Lipinski definition) is 2. The molecule has 0 aliphatic carbocycles. The zero-order valence-corrected chi connectivity index (χ0v) is 19.1. The third-order valence-corrected chi connectivity index (χ3v) is 5.14. The molecule has 0 rings (SSSR count). The minimum Gasteiger partial charge on any atom is -0.466 e. The fourth-order valence-corrected chi connectivity index (χ4v) is 3.25. The smallest absolute Gasteiger partial charge is 0.305 e. The van der Waals surface area contributed by atoms with E-state index in [1.165, 1.54) is 12.8 Å². The second-order valence-corrected chi connectivity index (χ2v) is 8.05. The predicted molar refractivity (Wildman–Crippen MR) is 119 cm³/mol. The molecule has 0 spiro atoms. The lowest BCUT2D eigenvalue weighted by Crippen LogP contribution is -2.08. The van der Waals surface area contributed by atoms with Gasteiger partial charge >= 0.3 is 11.9 Å². The Kier molecular flexibility index (Phi) is 23.2. The van der Waals surface area contributed by atoms with Gasteiger partial charge in [-0.15, -0.1) is 0 Å². The summed E-state index contributed by atoms with van der Waals surface area (Å²) in [5.41, 5.74) is 0. The first-order valence-electron chi connectivity index (χ1n) is 12.2. The molecule has 0 heterocycles. The topological polar surface area (TPSA) is 93.1 Å². The maximum absolute atomic E-state index is 11.7. The van der Waals surface area contributed by atoms with Crippen LogP contribution in [0.4, 0.5) is 0 Å². The standard InChI is InChI=1S/C24H46O6/c25-19-13-9-5-1-3-7-11-17-23(27)29-21-15-16-22-30-24(28)18-12-8-4-2-6-10-14-20-26/h25-26H,1-22H2. The Balaban J connectivity index is 3.28. The highest BCUT2D eigenvalue weighted by atomic mass is 16.5. The van der Waals surface area contributed by atoms with Crippen molar-refractivity contribution >= 4 is 11.9 Å². The maximum Gasteiger partial charge on any atom is 0.305 e. The summed E-state index contributed by atoms with van der Waals surface area (Å²) in [5.74, 6) is -0.271. The monoisotopic (exact) mass is 430 g/mol. The van der Waals surface area contributed by atoms with Gasteiger partial charge in [-0.3, -0.25) is 9.59 Å². The molecule has 0 fully saturated rings. The van der Waals surface area contributed by atoms with Crippen molar-refractivity contribution in [3.05, 3.63) is 0 Å². The van der Waals surface area contributed by atoms with Gasteiger partial charge in [0.15, 0.2) is 0 Å². The van der Waals surface area contributed by atoms with E-state index in [2.05, 4.69) is 0 Å². The van der Waals surface area contributed by atoms with Crippen molar-refractivity contribution < 1.29 is 29.3 Å². The number of rotatable bonds is 23. The van der Waals surface area contributed by atoms with E-state index in [1.54, 1.807) is 0 Å². The lowest BCUT2D eigenvalue weighted by atomic mass is 10.1. The molecule has 0 atom stereocenters. The molecule has 0 aromatic heterocycles. The van der Waals surface area contributed by atoms with Crippen molar-refractivity contribution in [1.29, 1.82) is 0 Å². The summed E-state index contributed by atoms with van der Waals surface area (Å²) in [4.78, 5) is 23.3. The third-order valence-electron chi connectivity index (χ3n) is 5.14. The molecule has 178 valence electrons. The number of hydrogen-bond acceptors (Lipinski definition) is 6. The Bertz CT molecular complexity index is 350. The lowest BCUT2D eigenvalue weighted by Gasteiger charge is -2.06. The molecule has 30 heavy (non-hydrogen) atoms. The highest BCUT2D eigenvalue weighted by molar-refractivity contribution is 5.69. The van der Waals surface area contributed by atoms with Gasteiger partial charge in [0, 0.05) is 26.1 Å². The van der Waals surface area contributed by atoms with Gasteiger partial charge in [0.2, 0.25) is 0 Å². The second-order valence-electron chi connectivity index (χ2n) is 8.05. The Labute approximate surface area is 183 Å². The van der Waals surface area contributed by atoms with Gasteiger partial charge in [0.05, 0.1) is 13.2 Å². The Hall–Kier alpha value is -1.14. The van der Waals surface area contributed by atoms with Crippen LogP contribution in [0.25, 0.3) is 0 Å². The number of unbranched alkanes of at least 4 members (excludes halogenated alkanes) is 13. The predicted octanol–water partition coefficient (Wildman–Crippen LogP) is 5.08. The summed E-state index contributed by atoms with van der Waals surface area (Å²) in [6.07, 6.45) is 17.1. The van der Waals surface area contributed by atoms with Crippen molar-refractivity contribution in [2.45, 2.75) is 116 Å². The van der Waals surface area contributed by atoms with Crippen LogP contribution >= 0.6 is 0 Å². The zero-order valence-electron chi connectivity index (χ0n) is 19.1. The largest absolute Gasteiger partial charge is 0.466 e. The van der Waals surface area contributed by atoms with E-state index in [9.17, 15) is 9.59 Å². The number of aliphatic hydroxyl groups excluding tert-OH is 2. The van der Waals surface area contributed by atoms with Gasteiger partial charge in [-0.05, 0) is 38.5 Å². The number of esters is 2. The Morgan fingerprint density at radius 1 is 0.433 bits per heavy atom. The van der Waals surface area contributed by atoms with Gasteiger partial charge in [0.25, 0.3) is 0 Å².